The second-order valence-electron chi connectivity index (χ2n) is 5.95. The van der Waals surface area contributed by atoms with Crippen LogP contribution in [0.2, 0.25) is 0 Å². The van der Waals surface area contributed by atoms with Gasteiger partial charge in [0.05, 0.1) is 10.3 Å². The number of hydrogen-bond donors (Lipinski definition) is 2. The van der Waals surface area contributed by atoms with Crippen LogP contribution in [-0.2, 0) is 14.6 Å². The summed E-state index contributed by atoms with van der Waals surface area (Å²) < 4.78 is 23.4. The Bertz CT molecular complexity index is 747. The van der Waals surface area contributed by atoms with Crippen molar-refractivity contribution in [2.75, 3.05) is 12.8 Å². The second kappa shape index (κ2) is 5.39. The SMILES string of the molecule is Cc1cc(S(C)(=O)=O)cc(C(=O)NCC2(C(=O)O)CC2)c1C. The van der Waals surface area contributed by atoms with Crippen LogP contribution in [0, 0.1) is 19.3 Å². The highest BCUT2D eigenvalue weighted by Crippen LogP contribution is 2.45. The number of carbonyl (C=O) groups excluding carboxylic acids is 1. The quantitative estimate of drug-likeness (QED) is 0.850. The van der Waals surface area contributed by atoms with E-state index in [1.807, 2.05) is 0 Å². The van der Waals surface area contributed by atoms with Gasteiger partial charge < -0.3 is 10.4 Å². The van der Waals surface area contributed by atoms with Crippen molar-refractivity contribution in [3.05, 3.63) is 28.8 Å². The highest BCUT2D eigenvalue weighted by Gasteiger charge is 2.50. The third-order valence-corrected chi connectivity index (χ3v) is 5.30. The summed E-state index contributed by atoms with van der Waals surface area (Å²) in [6, 6.07) is 2.87. The molecule has 2 rings (SSSR count). The van der Waals surface area contributed by atoms with Gasteiger partial charge in [-0.3, -0.25) is 9.59 Å². The standard InChI is InChI=1S/C15H19NO5S/c1-9-6-11(22(3,20)21)7-12(10(9)2)13(17)16-8-15(4-5-15)14(18)19/h6-7H,4-5,8H2,1-3H3,(H,16,17)(H,18,19). The molecule has 2 N–H and O–H groups in total. The van der Waals surface area contributed by atoms with E-state index in [4.69, 9.17) is 5.11 Å². The summed E-state index contributed by atoms with van der Waals surface area (Å²) in [5, 5.41) is 11.7. The van der Waals surface area contributed by atoms with Gasteiger partial charge in [0.2, 0.25) is 0 Å². The minimum absolute atomic E-state index is 0.0583. The first-order valence-corrected chi connectivity index (χ1v) is 8.79. The normalized spacial score (nSPS) is 16.1. The zero-order chi connectivity index (χ0) is 16.7. The summed E-state index contributed by atoms with van der Waals surface area (Å²) in [7, 11) is -3.42. The average molecular weight is 325 g/mol. The summed E-state index contributed by atoms with van der Waals surface area (Å²) in [6.07, 6.45) is 2.18. The van der Waals surface area contributed by atoms with Crippen LogP contribution in [0.3, 0.4) is 0 Å². The molecule has 1 fully saturated rings. The number of benzene rings is 1. The first kappa shape index (κ1) is 16.5. The van der Waals surface area contributed by atoms with E-state index in [0.29, 0.717) is 24.0 Å². The average Bonchev–Trinajstić information content (AvgIpc) is 3.19. The lowest BCUT2D eigenvalue weighted by atomic mass is 10.0. The number of hydrogen-bond acceptors (Lipinski definition) is 4. The monoisotopic (exact) mass is 325 g/mol. The van der Waals surface area contributed by atoms with Crippen LogP contribution in [0.4, 0.5) is 0 Å². The predicted octanol–water partition coefficient (Wildman–Crippen LogP) is 1.30. The first-order chi connectivity index (χ1) is 10.1. The van der Waals surface area contributed by atoms with Gasteiger partial charge in [0.25, 0.3) is 5.91 Å². The van der Waals surface area contributed by atoms with E-state index in [9.17, 15) is 18.0 Å². The van der Waals surface area contributed by atoms with Crippen LogP contribution in [0.15, 0.2) is 17.0 Å². The lowest BCUT2D eigenvalue weighted by Crippen LogP contribution is -2.34. The molecule has 1 aromatic carbocycles. The van der Waals surface area contributed by atoms with Gasteiger partial charge in [-0.25, -0.2) is 8.42 Å². The van der Waals surface area contributed by atoms with Crippen molar-refractivity contribution < 1.29 is 23.1 Å². The molecule has 0 radical (unpaired) electrons. The van der Waals surface area contributed by atoms with E-state index >= 15 is 0 Å². The predicted molar refractivity (Wildman–Crippen MR) is 80.7 cm³/mol. The molecular formula is C15H19NO5S. The molecule has 0 saturated heterocycles. The number of nitrogens with one attached hydrogen (secondary N) is 1. The Morgan fingerprint density at radius 2 is 1.86 bits per heavy atom. The van der Waals surface area contributed by atoms with Gasteiger partial charge in [-0.2, -0.15) is 0 Å². The van der Waals surface area contributed by atoms with E-state index in [1.165, 1.54) is 12.1 Å². The molecule has 6 nitrogen and oxygen atoms in total. The van der Waals surface area contributed by atoms with Crippen LogP contribution < -0.4 is 5.32 Å². The first-order valence-electron chi connectivity index (χ1n) is 6.90. The minimum Gasteiger partial charge on any atom is -0.481 e. The number of sulfone groups is 1. The Balaban J connectivity index is 2.26. The van der Waals surface area contributed by atoms with Crippen LogP contribution in [0.1, 0.15) is 34.3 Å². The van der Waals surface area contributed by atoms with Crippen molar-refractivity contribution in [1.29, 1.82) is 0 Å². The zero-order valence-corrected chi connectivity index (χ0v) is 13.6. The largest absolute Gasteiger partial charge is 0.481 e. The molecule has 1 saturated carbocycles. The van der Waals surface area contributed by atoms with Gasteiger partial charge in [0.1, 0.15) is 0 Å². The zero-order valence-electron chi connectivity index (χ0n) is 12.8. The lowest BCUT2D eigenvalue weighted by molar-refractivity contribution is -0.143. The summed E-state index contributed by atoms with van der Waals surface area (Å²) in [5.74, 6) is -1.36. The third-order valence-electron chi connectivity index (χ3n) is 4.21. The molecule has 0 aliphatic heterocycles. The number of carboxylic acids is 1. The van der Waals surface area contributed by atoms with Gasteiger partial charge in [0.15, 0.2) is 9.84 Å². The highest BCUT2D eigenvalue weighted by molar-refractivity contribution is 7.90. The highest BCUT2D eigenvalue weighted by atomic mass is 32.2. The number of carbonyl (C=O) groups is 2. The molecule has 1 amide bonds. The van der Waals surface area contributed by atoms with Crippen LogP contribution in [0.5, 0.6) is 0 Å². The molecule has 1 aliphatic rings. The molecule has 0 atom stereocenters. The summed E-state index contributed by atoms with van der Waals surface area (Å²) in [6.45, 7) is 3.53. The van der Waals surface area contributed by atoms with E-state index in [2.05, 4.69) is 5.32 Å². The third kappa shape index (κ3) is 3.14. The van der Waals surface area contributed by atoms with Crippen molar-refractivity contribution in [3.63, 3.8) is 0 Å². The van der Waals surface area contributed by atoms with Gasteiger partial charge in [-0.15, -0.1) is 0 Å². The maximum absolute atomic E-state index is 12.3. The van der Waals surface area contributed by atoms with Gasteiger partial charge in [-0.05, 0) is 49.9 Å². The minimum atomic E-state index is -3.42. The summed E-state index contributed by atoms with van der Waals surface area (Å²) in [5.41, 5.74) is 0.798. The number of rotatable bonds is 5. The summed E-state index contributed by atoms with van der Waals surface area (Å²) >= 11 is 0. The molecule has 22 heavy (non-hydrogen) atoms. The molecule has 0 bridgehead atoms. The molecule has 0 spiro atoms. The molecule has 0 unspecified atom stereocenters. The molecule has 7 heteroatoms. The number of aliphatic carboxylic acids is 1. The van der Waals surface area contributed by atoms with E-state index < -0.39 is 27.1 Å². The fraction of sp³-hybridized carbons (Fsp3) is 0.467. The molecule has 0 aromatic heterocycles. The molecule has 1 aliphatic carbocycles. The van der Waals surface area contributed by atoms with Crippen molar-refractivity contribution in [2.24, 2.45) is 5.41 Å². The van der Waals surface area contributed by atoms with Crippen molar-refractivity contribution in [2.45, 2.75) is 31.6 Å². The molecule has 0 heterocycles. The van der Waals surface area contributed by atoms with Crippen LogP contribution >= 0.6 is 0 Å². The van der Waals surface area contributed by atoms with Crippen LogP contribution in [-0.4, -0.2) is 38.2 Å². The van der Waals surface area contributed by atoms with Gasteiger partial charge >= 0.3 is 5.97 Å². The Kier molecular flexibility index (Phi) is 4.04. The van der Waals surface area contributed by atoms with Gasteiger partial charge in [0, 0.05) is 18.4 Å². The Labute approximate surface area is 129 Å². The maximum atomic E-state index is 12.3. The lowest BCUT2D eigenvalue weighted by Gasteiger charge is -2.14. The molecular weight excluding hydrogens is 306 g/mol. The van der Waals surface area contributed by atoms with E-state index in [1.54, 1.807) is 13.8 Å². The van der Waals surface area contributed by atoms with Crippen molar-refractivity contribution in [3.8, 4) is 0 Å². The number of amides is 1. The second-order valence-corrected chi connectivity index (χ2v) is 7.97. The number of carboxylic acid groups (broad SMARTS) is 1. The Morgan fingerprint density at radius 1 is 1.27 bits per heavy atom. The van der Waals surface area contributed by atoms with Crippen LogP contribution in [0.25, 0.3) is 0 Å². The maximum Gasteiger partial charge on any atom is 0.311 e. The summed E-state index contributed by atoms with van der Waals surface area (Å²) in [4.78, 5) is 23.5. The van der Waals surface area contributed by atoms with E-state index in [-0.39, 0.29) is 17.0 Å². The Morgan fingerprint density at radius 3 is 2.32 bits per heavy atom. The molecule has 120 valence electrons. The smallest absolute Gasteiger partial charge is 0.311 e. The van der Waals surface area contributed by atoms with Crippen molar-refractivity contribution >= 4 is 21.7 Å². The number of aryl methyl sites for hydroxylation is 1. The van der Waals surface area contributed by atoms with E-state index in [0.717, 1.165) is 6.26 Å². The topological polar surface area (TPSA) is 101 Å². The fourth-order valence-electron chi connectivity index (χ4n) is 2.24. The van der Waals surface area contributed by atoms with Crippen molar-refractivity contribution in [1.82, 2.24) is 5.32 Å². The fourth-order valence-corrected chi connectivity index (χ4v) is 2.96. The van der Waals surface area contributed by atoms with Gasteiger partial charge in [-0.1, -0.05) is 0 Å². The molecule has 1 aromatic rings. The Hall–Kier alpha value is -1.89.